The van der Waals surface area contributed by atoms with Gasteiger partial charge in [0.25, 0.3) is 0 Å². The molecule has 0 spiro atoms. The summed E-state index contributed by atoms with van der Waals surface area (Å²) in [6, 6.07) is 9.38. The molecule has 1 aliphatic heterocycles. The summed E-state index contributed by atoms with van der Waals surface area (Å²) in [7, 11) is 0. The van der Waals surface area contributed by atoms with Gasteiger partial charge >= 0.3 is 5.97 Å². The number of nitrogens with zero attached hydrogens (tertiary/aromatic N) is 3. The van der Waals surface area contributed by atoms with Gasteiger partial charge in [0.05, 0.1) is 31.8 Å². The van der Waals surface area contributed by atoms with Crippen molar-refractivity contribution >= 4 is 11.8 Å². The molecule has 144 valence electrons. The fraction of sp³-hybridized carbons (Fsp3) is 0.450. The molecule has 2 atom stereocenters. The summed E-state index contributed by atoms with van der Waals surface area (Å²) in [5.74, 6) is -0.495. The van der Waals surface area contributed by atoms with Crippen LogP contribution in [0.5, 0.6) is 0 Å². The van der Waals surface area contributed by atoms with Crippen LogP contribution in [-0.4, -0.2) is 65.2 Å². The molecule has 1 aromatic carbocycles. The number of ether oxygens (including phenoxy) is 2. The minimum atomic E-state index is -0.477. The van der Waals surface area contributed by atoms with Gasteiger partial charge in [-0.2, -0.15) is 0 Å². The van der Waals surface area contributed by atoms with Crippen LogP contribution in [0.25, 0.3) is 0 Å². The van der Waals surface area contributed by atoms with Crippen LogP contribution in [0.15, 0.2) is 42.9 Å². The molecule has 7 heteroatoms. The lowest BCUT2D eigenvalue weighted by Crippen LogP contribution is -2.49. The van der Waals surface area contributed by atoms with Crippen molar-refractivity contribution in [3.8, 4) is 0 Å². The summed E-state index contributed by atoms with van der Waals surface area (Å²) < 4.78 is 12.6. The SMILES string of the molecule is CC(=O)C(COC(=O)c1cncn1[C@H](C)c1ccccc1)N1CCOCC1. The molecule has 27 heavy (non-hydrogen) atoms. The van der Waals surface area contributed by atoms with E-state index in [1.54, 1.807) is 10.9 Å². The third kappa shape index (κ3) is 4.61. The van der Waals surface area contributed by atoms with E-state index in [1.807, 2.05) is 42.2 Å². The second kappa shape index (κ2) is 8.92. The number of rotatable bonds is 7. The lowest BCUT2D eigenvalue weighted by atomic mass is 10.1. The highest BCUT2D eigenvalue weighted by Crippen LogP contribution is 2.20. The summed E-state index contributed by atoms with van der Waals surface area (Å²) in [4.78, 5) is 30.8. The van der Waals surface area contributed by atoms with Gasteiger partial charge in [0.1, 0.15) is 24.1 Å². The van der Waals surface area contributed by atoms with Gasteiger partial charge in [0, 0.05) is 13.1 Å². The van der Waals surface area contributed by atoms with Gasteiger partial charge in [-0.05, 0) is 19.4 Å². The fourth-order valence-corrected chi connectivity index (χ4v) is 3.26. The molecule has 0 saturated carbocycles. The topological polar surface area (TPSA) is 73.7 Å². The molecule has 1 aliphatic rings. The highest BCUT2D eigenvalue weighted by Gasteiger charge is 2.27. The molecule has 0 bridgehead atoms. The Balaban J connectivity index is 1.68. The maximum Gasteiger partial charge on any atom is 0.356 e. The van der Waals surface area contributed by atoms with Crippen molar-refractivity contribution < 1.29 is 19.1 Å². The van der Waals surface area contributed by atoms with Crippen molar-refractivity contribution in [2.45, 2.75) is 25.9 Å². The van der Waals surface area contributed by atoms with Crippen molar-refractivity contribution in [2.75, 3.05) is 32.9 Å². The predicted molar refractivity (Wildman–Crippen MR) is 99.6 cm³/mol. The highest BCUT2D eigenvalue weighted by molar-refractivity contribution is 5.88. The number of hydrogen-bond acceptors (Lipinski definition) is 6. The van der Waals surface area contributed by atoms with Crippen LogP contribution < -0.4 is 0 Å². The highest BCUT2D eigenvalue weighted by atomic mass is 16.5. The van der Waals surface area contributed by atoms with Crippen molar-refractivity contribution in [1.29, 1.82) is 0 Å². The summed E-state index contributed by atoms with van der Waals surface area (Å²) in [6.45, 7) is 6.03. The molecule has 2 aromatic rings. The van der Waals surface area contributed by atoms with E-state index in [-0.39, 0.29) is 18.4 Å². The van der Waals surface area contributed by atoms with Gasteiger partial charge in [-0.25, -0.2) is 9.78 Å². The molecule has 0 amide bonds. The van der Waals surface area contributed by atoms with Crippen LogP contribution in [0.2, 0.25) is 0 Å². The second-order valence-corrected chi connectivity index (χ2v) is 6.65. The first-order chi connectivity index (χ1) is 13.1. The fourth-order valence-electron chi connectivity index (χ4n) is 3.26. The van der Waals surface area contributed by atoms with E-state index in [0.29, 0.717) is 32.0 Å². The zero-order valence-electron chi connectivity index (χ0n) is 15.7. The van der Waals surface area contributed by atoms with Crippen LogP contribution >= 0.6 is 0 Å². The molecule has 0 N–H and O–H groups in total. The Morgan fingerprint density at radius 3 is 2.59 bits per heavy atom. The van der Waals surface area contributed by atoms with Gasteiger partial charge in [0.15, 0.2) is 0 Å². The minimum absolute atomic E-state index is 0.0177. The van der Waals surface area contributed by atoms with E-state index in [9.17, 15) is 9.59 Å². The summed E-state index contributed by atoms with van der Waals surface area (Å²) in [6.07, 6.45) is 3.12. The number of hydrogen-bond donors (Lipinski definition) is 0. The van der Waals surface area contributed by atoms with Crippen molar-refractivity contribution in [1.82, 2.24) is 14.5 Å². The molecule has 1 saturated heterocycles. The molecule has 1 unspecified atom stereocenters. The monoisotopic (exact) mass is 371 g/mol. The number of morpholine rings is 1. The molecule has 0 aliphatic carbocycles. The number of esters is 1. The minimum Gasteiger partial charge on any atom is -0.459 e. The van der Waals surface area contributed by atoms with Gasteiger partial charge in [-0.15, -0.1) is 0 Å². The van der Waals surface area contributed by atoms with Crippen molar-refractivity contribution in [3.05, 3.63) is 54.1 Å². The molecule has 2 heterocycles. The van der Waals surface area contributed by atoms with E-state index in [2.05, 4.69) is 4.98 Å². The Labute approximate surface area is 158 Å². The maximum atomic E-state index is 12.6. The van der Waals surface area contributed by atoms with Crippen molar-refractivity contribution in [2.24, 2.45) is 0 Å². The van der Waals surface area contributed by atoms with Gasteiger partial charge in [0.2, 0.25) is 0 Å². The van der Waals surface area contributed by atoms with Gasteiger partial charge in [-0.3, -0.25) is 9.69 Å². The molecular weight excluding hydrogens is 346 g/mol. The first-order valence-electron chi connectivity index (χ1n) is 9.14. The lowest BCUT2D eigenvalue weighted by molar-refractivity contribution is -0.125. The average Bonchev–Trinajstić information content (AvgIpc) is 3.18. The number of imidazole rings is 1. The molecule has 1 fully saturated rings. The van der Waals surface area contributed by atoms with Crippen LogP contribution in [0.3, 0.4) is 0 Å². The lowest BCUT2D eigenvalue weighted by Gasteiger charge is -2.32. The molecule has 0 radical (unpaired) electrons. The third-order valence-electron chi connectivity index (χ3n) is 4.90. The smallest absolute Gasteiger partial charge is 0.356 e. The Kier molecular flexibility index (Phi) is 6.36. The summed E-state index contributed by atoms with van der Waals surface area (Å²) >= 11 is 0. The van der Waals surface area contributed by atoms with Crippen LogP contribution in [0.1, 0.15) is 35.9 Å². The Morgan fingerprint density at radius 2 is 1.93 bits per heavy atom. The first-order valence-corrected chi connectivity index (χ1v) is 9.14. The quantitative estimate of drug-likeness (QED) is 0.693. The van der Waals surface area contributed by atoms with Gasteiger partial charge < -0.3 is 14.0 Å². The molecule has 3 rings (SSSR count). The van der Waals surface area contributed by atoms with E-state index < -0.39 is 12.0 Å². The van der Waals surface area contributed by atoms with Crippen LogP contribution in [0.4, 0.5) is 0 Å². The Hall–Kier alpha value is -2.51. The normalized spacial score (nSPS) is 17.3. The zero-order valence-corrected chi connectivity index (χ0v) is 15.7. The number of benzene rings is 1. The van der Waals surface area contributed by atoms with E-state index in [1.165, 1.54) is 13.1 Å². The molecular formula is C20H25N3O4. The molecule has 1 aromatic heterocycles. The Morgan fingerprint density at radius 1 is 1.22 bits per heavy atom. The van der Waals surface area contributed by atoms with Crippen LogP contribution in [0, 0.1) is 0 Å². The first kappa shape index (κ1) is 19.3. The number of Topliss-reactive ketones (excluding diaryl/α,β-unsaturated/α-hetero) is 1. The summed E-state index contributed by atoms with van der Waals surface area (Å²) in [5.41, 5.74) is 1.44. The maximum absolute atomic E-state index is 12.6. The van der Waals surface area contributed by atoms with Crippen LogP contribution in [-0.2, 0) is 14.3 Å². The largest absolute Gasteiger partial charge is 0.459 e. The number of ketones is 1. The zero-order chi connectivity index (χ0) is 19.2. The standard InChI is InChI=1S/C20H25N3O4/c1-15(17-6-4-3-5-7-17)23-14-21-12-18(23)20(25)27-13-19(16(2)24)22-8-10-26-11-9-22/h3-7,12,14-15,19H,8-11,13H2,1-2H3/t15-,19?/m1/s1. The molecule has 7 nitrogen and oxygen atoms in total. The van der Waals surface area contributed by atoms with Crippen molar-refractivity contribution in [3.63, 3.8) is 0 Å². The Bertz CT molecular complexity index is 769. The number of carbonyl (C=O) groups is 2. The second-order valence-electron chi connectivity index (χ2n) is 6.65. The third-order valence-corrected chi connectivity index (χ3v) is 4.90. The number of carbonyl (C=O) groups excluding carboxylic acids is 2. The van der Waals surface area contributed by atoms with E-state index >= 15 is 0 Å². The summed E-state index contributed by atoms with van der Waals surface area (Å²) in [5, 5.41) is 0. The predicted octanol–water partition coefficient (Wildman–Crippen LogP) is 1.94. The number of aromatic nitrogens is 2. The van der Waals surface area contributed by atoms with E-state index in [0.717, 1.165) is 5.56 Å². The van der Waals surface area contributed by atoms with E-state index in [4.69, 9.17) is 9.47 Å². The average molecular weight is 371 g/mol. The van der Waals surface area contributed by atoms with Gasteiger partial charge in [-0.1, -0.05) is 30.3 Å².